The van der Waals surface area contributed by atoms with Crippen molar-refractivity contribution in [1.82, 2.24) is 4.72 Å². The van der Waals surface area contributed by atoms with Gasteiger partial charge in [0.25, 0.3) is 0 Å². The highest BCUT2D eigenvalue weighted by molar-refractivity contribution is 7.98. The van der Waals surface area contributed by atoms with Crippen molar-refractivity contribution in [2.45, 2.75) is 22.8 Å². The normalized spacial score (nSPS) is 13.1. The van der Waals surface area contributed by atoms with Gasteiger partial charge in [-0.1, -0.05) is 35.3 Å². The minimum absolute atomic E-state index is 0.0192. The molecule has 1 N–H and O–H groups in total. The van der Waals surface area contributed by atoms with Crippen LogP contribution in [0.4, 0.5) is 0 Å². The Morgan fingerprint density at radius 1 is 1.09 bits per heavy atom. The lowest BCUT2D eigenvalue weighted by Gasteiger charge is -2.16. The average Bonchev–Trinajstić information content (AvgIpc) is 2.49. The summed E-state index contributed by atoms with van der Waals surface area (Å²) >= 11 is 13.5. The number of rotatable bonds is 5. The van der Waals surface area contributed by atoms with E-state index in [0.29, 0.717) is 5.02 Å². The van der Waals surface area contributed by atoms with Crippen LogP contribution in [0, 0.1) is 0 Å². The lowest BCUT2D eigenvalue weighted by molar-refractivity contribution is 0.567. The lowest BCUT2D eigenvalue weighted by Crippen LogP contribution is -2.27. The highest BCUT2D eigenvalue weighted by atomic mass is 35.5. The van der Waals surface area contributed by atoms with Gasteiger partial charge in [0, 0.05) is 16.0 Å². The monoisotopic (exact) mass is 375 g/mol. The van der Waals surface area contributed by atoms with Crippen molar-refractivity contribution in [2.75, 3.05) is 6.26 Å². The molecule has 0 unspecified atom stereocenters. The van der Waals surface area contributed by atoms with E-state index in [1.165, 1.54) is 12.1 Å². The van der Waals surface area contributed by atoms with Crippen molar-refractivity contribution in [1.29, 1.82) is 0 Å². The molecular formula is C15H15Cl2NO2S2. The summed E-state index contributed by atoms with van der Waals surface area (Å²) in [7, 11) is -3.75. The molecule has 3 nitrogen and oxygen atoms in total. The second kappa shape index (κ2) is 7.23. The molecule has 0 fully saturated rings. The first-order valence-corrected chi connectivity index (χ1v) is 9.91. The summed E-state index contributed by atoms with van der Waals surface area (Å²) in [6.07, 6.45) is 1.99. The largest absolute Gasteiger partial charge is 0.242 e. The first kappa shape index (κ1) is 17.6. The third-order valence-corrected chi connectivity index (χ3v) is 6.13. The van der Waals surface area contributed by atoms with E-state index in [1.807, 2.05) is 30.5 Å². The van der Waals surface area contributed by atoms with E-state index in [4.69, 9.17) is 23.2 Å². The first-order valence-electron chi connectivity index (χ1n) is 6.45. The van der Waals surface area contributed by atoms with E-state index in [2.05, 4.69) is 4.72 Å². The molecule has 0 heterocycles. The van der Waals surface area contributed by atoms with Gasteiger partial charge in [-0.2, -0.15) is 0 Å². The van der Waals surface area contributed by atoms with Crippen LogP contribution in [0.25, 0.3) is 0 Å². The van der Waals surface area contributed by atoms with Crippen molar-refractivity contribution < 1.29 is 8.42 Å². The highest BCUT2D eigenvalue weighted by Crippen LogP contribution is 2.27. The molecule has 2 aromatic carbocycles. The maximum Gasteiger partial charge on any atom is 0.242 e. The van der Waals surface area contributed by atoms with Crippen molar-refractivity contribution in [3.8, 4) is 0 Å². The van der Waals surface area contributed by atoms with Gasteiger partial charge in [0.2, 0.25) is 10.0 Å². The number of sulfonamides is 1. The molecule has 2 aromatic rings. The van der Waals surface area contributed by atoms with Gasteiger partial charge in [-0.25, -0.2) is 13.1 Å². The fraction of sp³-hybridized carbons (Fsp3) is 0.200. The molecular weight excluding hydrogens is 361 g/mol. The maximum atomic E-state index is 12.5. The van der Waals surface area contributed by atoms with Crippen LogP contribution in [0.2, 0.25) is 10.0 Å². The molecule has 0 spiro atoms. The number of hydrogen-bond donors (Lipinski definition) is 1. The van der Waals surface area contributed by atoms with Crippen molar-refractivity contribution in [2.24, 2.45) is 0 Å². The Morgan fingerprint density at radius 2 is 1.73 bits per heavy atom. The number of halogens is 2. The number of nitrogens with one attached hydrogen (secondary N) is 1. The Labute approximate surface area is 145 Å². The smallest absolute Gasteiger partial charge is 0.207 e. The van der Waals surface area contributed by atoms with Gasteiger partial charge in [0.15, 0.2) is 0 Å². The van der Waals surface area contributed by atoms with Gasteiger partial charge in [-0.05, 0) is 49.1 Å². The maximum absolute atomic E-state index is 12.5. The summed E-state index contributed by atoms with van der Waals surface area (Å²) in [6.45, 7) is 1.78. The summed E-state index contributed by atoms with van der Waals surface area (Å²) in [5.74, 6) is 0. The molecule has 0 aliphatic rings. The van der Waals surface area contributed by atoms with Crippen LogP contribution >= 0.6 is 35.0 Å². The van der Waals surface area contributed by atoms with E-state index >= 15 is 0 Å². The Morgan fingerprint density at radius 3 is 2.32 bits per heavy atom. The Kier molecular flexibility index (Phi) is 5.80. The topological polar surface area (TPSA) is 46.2 Å². The molecule has 0 amide bonds. The van der Waals surface area contributed by atoms with Gasteiger partial charge in [0.1, 0.15) is 4.90 Å². The summed E-state index contributed by atoms with van der Waals surface area (Å²) < 4.78 is 27.5. The highest BCUT2D eigenvalue weighted by Gasteiger charge is 2.21. The summed E-state index contributed by atoms with van der Waals surface area (Å²) in [5.41, 5.74) is 0.875. The molecule has 0 bridgehead atoms. The van der Waals surface area contributed by atoms with Gasteiger partial charge in [-0.15, -0.1) is 11.8 Å². The number of hydrogen-bond acceptors (Lipinski definition) is 3. The van der Waals surface area contributed by atoms with E-state index in [0.717, 1.165) is 10.5 Å². The zero-order valence-corrected chi connectivity index (χ0v) is 15.2. The fourth-order valence-corrected chi connectivity index (χ4v) is 4.34. The van der Waals surface area contributed by atoms with Crippen LogP contribution in [0.1, 0.15) is 18.5 Å². The van der Waals surface area contributed by atoms with Crippen molar-refractivity contribution in [3.05, 3.63) is 58.1 Å². The van der Waals surface area contributed by atoms with Crippen LogP contribution in [0.3, 0.4) is 0 Å². The third-order valence-electron chi connectivity index (χ3n) is 3.13. The SMILES string of the molecule is CSc1ccc([C@H](C)NS(=O)(=O)c2cc(Cl)ccc2Cl)cc1. The minimum Gasteiger partial charge on any atom is -0.207 e. The molecule has 0 saturated heterocycles. The lowest BCUT2D eigenvalue weighted by atomic mass is 10.1. The summed E-state index contributed by atoms with van der Waals surface area (Å²) in [4.78, 5) is 1.10. The van der Waals surface area contributed by atoms with Crippen LogP contribution < -0.4 is 4.72 Å². The zero-order valence-electron chi connectivity index (χ0n) is 12.0. The van der Waals surface area contributed by atoms with E-state index in [-0.39, 0.29) is 16.0 Å². The molecule has 1 atom stereocenters. The predicted molar refractivity (Wildman–Crippen MR) is 93.4 cm³/mol. The molecule has 118 valence electrons. The summed E-state index contributed by atoms with van der Waals surface area (Å²) in [6, 6.07) is 11.7. The van der Waals surface area contributed by atoms with Crippen molar-refractivity contribution >= 4 is 45.0 Å². The number of benzene rings is 2. The molecule has 0 aliphatic heterocycles. The molecule has 2 rings (SSSR count). The zero-order chi connectivity index (χ0) is 16.3. The molecule has 0 aliphatic carbocycles. The molecule has 7 heteroatoms. The Balaban J connectivity index is 2.25. The third kappa shape index (κ3) is 4.18. The van der Waals surface area contributed by atoms with Gasteiger partial charge in [0.05, 0.1) is 5.02 Å². The van der Waals surface area contributed by atoms with Crippen LogP contribution in [-0.2, 0) is 10.0 Å². The second-order valence-electron chi connectivity index (χ2n) is 4.69. The average molecular weight is 376 g/mol. The van der Waals surface area contributed by atoms with Crippen LogP contribution in [-0.4, -0.2) is 14.7 Å². The van der Waals surface area contributed by atoms with Gasteiger partial charge < -0.3 is 0 Å². The second-order valence-corrected chi connectivity index (χ2v) is 8.10. The molecule has 0 aromatic heterocycles. The van der Waals surface area contributed by atoms with E-state index < -0.39 is 10.0 Å². The molecule has 0 saturated carbocycles. The fourth-order valence-electron chi connectivity index (χ4n) is 1.94. The molecule has 0 radical (unpaired) electrons. The van der Waals surface area contributed by atoms with Crippen LogP contribution in [0.5, 0.6) is 0 Å². The number of thioether (sulfide) groups is 1. The standard InChI is InChI=1S/C15H15Cl2NO2S2/c1-10(11-3-6-13(21-2)7-4-11)18-22(19,20)15-9-12(16)5-8-14(15)17/h3-10,18H,1-2H3/t10-/m0/s1. The van der Waals surface area contributed by atoms with Crippen LogP contribution in [0.15, 0.2) is 52.3 Å². The van der Waals surface area contributed by atoms with Gasteiger partial charge in [-0.3, -0.25) is 0 Å². The Hall–Kier alpha value is -0.720. The summed E-state index contributed by atoms with van der Waals surface area (Å²) in [5, 5.41) is 0.462. The quantitative estimate of drug-likeness (QED) is 0.766. The van der Waals surface area contributed by atoms with E-state index in [1.54, 1.807) is 24.8 Å². The molecule has 22 heavy (non-hydrogen) atoms. The first-order chi connectivity index (χ1) is 10.3. The minimum atomic E-state index is -3.75. The van der Waals surface area contributed by atoms with Crippen molar-refractivity contribution in [3.63, 3.8) is 0 Å². The van der Waals surface area contributed by atoms with E-state index in [9.17, 15) is 8.42 Å². The predicted octanol–water partition coefficient (Wildman–Crippen LogP) is 4.75. The Bertz CT molecular complexity index is 762. The van der Waals surface area contributed by atoms with Gasteiger partial charge >= 0.3 is 0 Å².